The van der Waals surface area contributed by atoms with Crippen molar-refractivity contribution >= 4 is 0 Å². The van der Waals surface area contributed by atoms with Crippen molar-refractivity contribution in [1.29, 1.82) is 0 Å². The van der Waals surface area contributed by atoms with Crippen molar-refractivity contribution in [3.05, 3.63) is 18.2 Å². The fourth-order valence-corrected chi connectivity index (χ4v) is 2.57. The number of hydrogen-bond acceptors (Lipinski definition) is 2. The van der Waals surface area contributed by atoms with Crippen LogP contribution < -0.4 is 5.73 Å². The predicted octanol–water partition coefficient (Wildman–Crippen LogP) is 2.28. The Morgan fingerprint density at radius 3 is 3.00 bits per heavy atom. The van der Waals surface area contributed by atoms with Crippen LogP contribution in [0.15, 0.2) is 12.4 Å². The highest BCUT2D eigenvalue weighted by molar-refractivity contribution is 5.05. The van der Waals surface area contributed by atoms with Gasteiger partial charge >= 0.3 is 0 Å². The molecule has 2 unspecified atom stereocenters. The molecule has 1 aliphatic carbocycles. The summed E-state index contributed by atoms with van der Waals surface area (Å²) in [5.74, 6) is 1.68. The lowest BCUT2D eigenvalue weighted by Gasteiger charge is -2.21. The second-order valence-corrected chi connectivity index (χ2v) is 4.48. The molecule has 0 aliphatic heterocycles. The number of rotatable bonds is 2. The molecule has 1 aromatic rings. The van der Waals surface area contributed by atoms with Crippen LogP contribution >= 0.6 is 0 Å². The zero-order valence-corrected chi connectivity index (χ0v) is 9.52. The molecule has 1 aromatic heterocycles. The lowest BCUT2D eigenvalue weighted by atomic mass is 9.94. The predicted molar refractivity (Wildman–Crippen MR) is 61.7 cm³/mol. The summed E-state index contributed by atoms with van der Waals surface area (Å²) in [7, 11) is 0. The van der Waals surface area contributed by atoms with E-state index >= 15 is 0 Å². The van der Waals surface area contributed by atoms with Gasteiger partial charge in [0.15, 0.2) is 0 Å². The number of nitrogens with two attached hydrogens (primary N) is 1. The molecule has 0 amide bonds. The van der Waals surface area contributed by atoms with Crippen LogP contribution in [0.3, 0.4) is 0 Å². The first kappa shape index (κ1) is 10.7. The van der Waals surface area contributed by atoms with E-state index in [-0.39, 0.29) is 0 Å². The van der Waals surface area contributed by atoms with E-state index in [2.05, 4.69) is 22.7 Å². The van der Waals surface area contributed by atoms with Crippen LogP contribution in [-0.4, -0.2) is 15.6 Å². The van der Waals surface area contributed by atoms with Gasteiger partial charge in [0.1, 0.15) is 5.82 Å². The average Bonchev–Trinajstić information content (AvgIpc) is 2.61. The summed E-state index contributed by atoms with van der Waals surface area (Å²) < 4.78 is 2.23. The molecule has 0 saturated heterocycles. The molecule has 2 rings (SSSR count). The summed E-state index contributed by atoms with van der Waals surface area (Å²) in [6, 6.07) is 0.306. The van der Waals surface area contributed by atoms with Crippen molar-refractivity contribution in [2.24, 2.45) is 5.73 Å². The Morgan fingerprint density at radius 1 is 1.40 bits per heavy atom. The van der Waals surface area contributed by atoms with Crippen molar-refractivity contribution < 1.29 is 0 Å². The van der Waals surface area contributed by atoms with Gasteiger partial charge in [-0.1, -0.05) is 19.3 Å². The molecule has 0 radical (unpaired) electrons. The quantitative estimate of drug-likeness (QED) is 0.756. The molecular formula is C12H21N3. The maximum absolute atomic E-state index is 6.24. The second-order valence-electron chi connectivity index (χ2n) is 4.48. The Balaban J connectivity index is 2.19. The molecule has 0 bridgehead atoms. The Kier molecular flexibility index (Phi) is 3.41. The van der Waals surface area contributed by atoms with Crippen LogP contribution in [0.5, 0.6) is 0 Å². The van der Waals surface area contributed by atoms with Gasteiger partial charge in [0.25, 0.3) is 0 Å². The van der Waals surface area contributed by atoms with E-state index in [1.165, 1.54) is 31.5 Å². The third kappa shape index (κ3) is 2.23. The lowest BCUT2D eigenvalue weighted by Crippen LogP contribution is -2.29. The van der Waals surface area contributed by atoms with Crippen molar-refractivity contribution in [2.45, 2.75) is 57.5 Å². The first-order valence-corrected chi connectivity index (χ1v) is 6.09. The average molecular weight is 207 g/mol. The van der Waals surface area contributed by atoms with Gasteiger partial charge in [-0.15, -0.1) is 0 Å². The smallest absolute Gasteiger partial charge is 0.113 e. The Bertz CT molecular complexity index is 306. The summed E-state index contributed by atoms with van der Waals surface area (Å²) in [5.41, 5.74) is 6.24. The van der Waals surface area contributed by atoms with Crippen LogP contribution in [0, 0.1) is 0 Å². The third-order valence-corrected chi connectivity index (χ3v) is 3.49. The van der Waals surface area contributed by atoms with Gasteiger partial charge in [-0.05, 0) is 19.8 Å². The highest BCUT2D eigenvalue weighted by Gasteiger charge is 2.25. The minimum absolute atomic E-state index is 0.306. The molecule has 1 fully saturated rings. The molecule has 2 atom stereocenters. The van der Waals surface area contributed by atoms with E-state index in [0.717, 1.165) is 13.0 Å². The Hall–Kier alpha value is -0.830. The fraction of sp³-hybridized carbons (Fsp3) is 0.750. The van der Waals surface area contributed by atoms with Crippen LogP contribution in [0.4, 0.5) is 0 Å². The number of nitrogens with zero attached hydrogens (tertiary/aromatic N) is 2. The van der Waals surface area contributed by atoms with E-state index in [4.69, 9.17) is 5.73 Å². The normalized spacial score (nSPS) is 27.6. The van der Waals surface area contributed by atoms with Gasteiger partial charge in [-0.25, -0.2) is 4.98 Å². The summed E-state index contributed by atoms with van der Waals surface area (Å²) in [6.45, 7) is 3.16. The zero-order chi connectivity index (χ0) is 10.7. The monoisotopic (exact) mass is 207 g/mol. The number of hydrogen-bond donors (Lipinski definition) is 1. The molecule has 84 valence electrons. The topological polar surface area (TPSA) is 43.8 Å². The van der Waals surface area contributed by atoms with Crippen LogP contribution in [0.1, 0.15) is 50.8 Å². The van der Waals surface area contributed by atoms with Gasteiger partial charge in [-0.3, -0.25) is 0 Å². The zero-order valence-electron chi connectivity index (χ0n) is 9.52. The first-order chi connectivity index (χ1) is 7.33. The molecule has 1 saturated carbocycles. The summed E-state index contributed by atoms with van der Waals surface area (Å²) >= 11 is 0. The molecular weight excluding hydrogens is 186 g/mol. The van der Waals surface area contributed by atoms with E-state index in [0.29, 0.717) is 12.0 Å². The minimum Gasteiger partial charge on any atom is -0.335 e. The molecule has 3 nitrogen and oxygen atoms in total. The van der Waals surface area contributed by atoms with Gasteiger partial charge in [0, 0.05) is 30.9 Å². The van der Waals surface area contributed by atoms with Crippen LogP contribution in [0.25, 0.3) is 0 Å². The van der Waals surface area contributed by atoms with E-state index in [9.17, 15) is 0 Å². The van der Waals surface area contributed by atoms with E-state index in [1.54, 1.807) is 0 Å². The maximum atomic E-state index is 6.24. The summed E-state index contributed by atoms with van der Waals surface area (Å²) in [5, 5.41) is 0. The first-order valence-electron chi connectivity index (χ1n) is 6.09. The molecule has 1 aliphatic rings. The number of aryl methyl sites for hydroxylation is 1. The van der Waals surface area contributed by atoms with E-state index in [1.807, 2.05) is 6.20 Å². The van der Waals surface area contributed by atoms with Crippen molar-refractivity contribution in [1.82, 2.24) is 9.55 Å². The minimum atomic E-state index is 0.306. The highest BCUT2D eigenvalue weighted by atomic mass is 15.1. The summed E-state index contributed by atoms with van der Waals surface area (Å²) in [4.78, 5) is 4.49. The van der Waals surface area contributed by atoms with Crippen LogP contribution in [-0.2, 0) is 6.54 Å². The van der Waals surface area contributed by atoms with E-state index < -0.39 is 0 Å². The second kappa shape index (κ2) is 4.79. The SMILES string of the molecule is CCn1ccnc1C1CCCCCC1N. The molecule has 15 heavy (non-hydrogen) atoms. The number of imidazole rings is 1. The fourth-order valence-electron chi connectivity index (χ4n) is 2.57. The molecule has 0 spiro atoms. The molecule has 0 aromatic carbocycles. The Morgan fingerprint density at radius 2 is 2.20 bits per heavy atom. The Labute approximate surface area is 91.7 Å². The largest absolute Gasteiger partial charge is 0.335 e. The van der Waals surface area contributed by atoms with Gasteiger partial charge < -0.3 is 10.3 Å². The lowest BCUT2D eigenvalue weighted by molar-refractivity contribution is 0.465. The number of aromatic nitrogens is 2. The standard InChI is InChI=1S/C12H21N3/c1-2-15-9-8-14-12(15)10-6-4-3-5-7-11(10)13/h8-11H,2-7,13H2,1H3. The molecule has 3 heteroatoms. The third-order valence-electron chi connectivity index (χ3n) is 3.49. The molecule has 2 N–H and O–H groups in total. The maximum Gasteiger partial charge on any atom is 0.113 e. The van der Waals surface area contributed by atoms with Gasteiger partial charge in [0.2, 0.25) is 0 Å². The van der Waals surface area contributed by atoms with Crippen molar-refractivity contribution in [3.8, 4) is 0 Å². The summed E-state index contributed by atoms with van der Waals surface area (Å²) in [6.07, 6.45) is 10.2. The van der Waals surface area contributed by atoms with Gasteiger partial charge in [0.05, 0.1) is 0 Å². The highest BCUT2D eigenvalue weighted by Crippen LogP contribution is 2.29. The van der Waals surface area contributed by atoms with Crippen LogP contribution in [0.2, 0.25) is 0 Å². The van der Waals surface area contributed by atoms with Gasteiger partial charge in [-0.2, -0.15) is 0 Å². The molecule has 1 heterocycles. The van der Waals surface area contributed by atoms with Crippen molar-refractivity contribution in [3.63, 3.8) is 0 Å². The van der Waals surface area contributed by atoms with Crippen molar-refractivity contribution in [2.75, 3.05) is 0 Å².